The van der Waals surface area contributed by atoms with Crippen LogP contribution in [0, 0.1) is 23.2 Å². The van der Waals surface area contributed by atoms with E-state index in [0.29, 0.717) is 23.8 Å². The van der Waals surface area contributed by atoms with Crippen LogP contribution in [-0.4, -0.2) is 24.6 Å². The molecule has 0 spiro atoms. The average molecular weight is 380 g/mol. The minimum Gasteiger partial charge on any atom is -0.479 e. The summed E-state index contributed by atoms with van der Waals surface area (Å²) in [7, 11) is 0. The third kappa shape index (κ3) is 6.02. The van der Waals surface area contributed by atoms with Crippen LogP contribution in [0.25, 0.3) is 0 Å². The topological polar surface area (TPSA) is 74.1 Å². The standard InChI is InChI=1S/C23H29N3O2/c1-16(2)20(26-19-11-6-5-7-12-19)15-25-23(27)22(17(3)4)28-21-13-9-8-10-18(21)14-24/h5-13,16-17,20,22,26H,15H2,1-4H3,(H,25,27). The van der Waals surface area contributed by atoms with Crippen molar-refractivity contribution in [2.24, 2.45) is 11.8 Å². The monoisotopic (exact) mass is 379 g/mol. The molecule has 1 amide bonds. The molecule has 0 radical (unpaired) electrons. The Balaban J connectivity index is 2.03. The Morgan fingerprint density at radius 1 is 1.00 bits per heavy atom. The second-order valence-electron chi connectivity index (χ2n) is 7.50. The lowest BCUT2D eigenvalue weighted by molar-refractivity contribution is -0.129. The number of carbonyl (C=O) groups excluding carboxylic acids is 1. The molecule has 2 N–H and O–H groups in total. The smallest absolute Gasteiger partial charge is 0.261 e. The van der Waals surface area contributed by atoms with Crippen molar-refractivity contribution >= 4 is 11.6 Å². The maximum Gasteiger partial charge on any atom is 0.261 e. The molecule has 2 rings (SSSR count). The molecule has 0 aromatic heterocycles. The van der Waals surface area contributed by atoms with Gasteiger partial charge in [-0.15, -0.1) is 0 Å². The fourth-order valence-electron chi connectivity index (χ4n) is 2.80. The fraction of sp³-hybridized carbons (Fsp3) is 0.391. The quantitative estimate of drug-likeness (QED) is 0.684. The van der Waals surface area contributed by atoms with Crippen LogP contribution >= 0.6 is 0 Å². The van der Waals surface area contributed by atoms with Crippen LogP contribution in [0.2, 0.25) is 0 Å². The van der Waals surface area contributed by atoms with E-state index in [1.165, 1.54) is 0 Å². The van der Waals surface area contributed by atoms with Gasteiger partial charge in [0.25, 0.3) is 5.91 Å². The van der Waals surface area contributed by atoms with Gasteiger partial charge in [-0.1, -0.05) is 58.0 Å². The molecule has 0 fully saturated rings. The first-order valence-corrected chi connectivity index (χ1v) is 9.67. The SMILES string of the molecule is CC(C)C(CNC(=O)C(Oc1ccccc1C#N)C(C)C)Nc1ccccc1. The Morgan fingerprint density at radius 3 is 2.25 bits per heavy atom. The lowest BCUT2D eigenvalue weighted by Crippen LogP contribution is -2.47. The lowest BCUT2D eigenvalue weighted by Gasteiger charge is -2.27. The van der Waals surface area contributed by atoms with Crippen molar-refractivity contribution in [3.8, 4) is 11.8 Å². The zero-order valence-electron chi connectivity index (χ0n) is 17.0. The Morgan fingerprint density at radius 2 is 1.64 bits per heavy atom. The van der Waals surface area contributed by atoms with E-state index in [0.717, 1.165) is 5.69 Å². The highest BCUT2D eigenvalue weighted by molar-refractivity contribution is 5.81. The minimum atomic E-state index is -0.668. The minimum absolute atomic E-state index is 0.0358. The predicted molar refractivity (Wildman–Crippen MR) is 112 cm³/mol. The van der Waals surface area contributed by atoms with Crippen molar-refractivity contribution in [2.75, 3.05) is 11.9 Å². The summed E-state index contributed by atoms with van der Waals surface area (Å²) in [5.74, 6) is 0.550. The van der Waals surface area contributed by atoms with E-state index in [2.05, 4.69) is 30.6 Å². The number of amides is 1. The number of nitriles is 1. The largest absolute Gasteiger partial charge is 0.479 e. The van der Waals surface area contributed by atoms with Gasteiger partial charge in [-0.3, -0.25) is 4.79 Å². The molecule has 2 atom stereocenters. The molecular weight excluding hydrogens is 350 g/mol. The number of anilines is 1. The molecule has 28 heavy (non-hydrogen) atoms. The molecule has 0 saturated heterocycles. The molecule has 5 heteroatoms. The summed E-state index contributed by atoms with van der Waals surface area (Å²) >= 11 is 0. The maximum atomic E-state index is 12.8. The van der Waals surface area contributed by atoms with E-state index in [1.807, 2.05) is 44.2 Å². The second-order valence-corrected chi connectivity index (χ2v) is 7.50. The van der Waals surface area contributed by atoms with Crippen LogP contribution in [0.5, 0.6) is 5.75 Å². The summed E-state index contributed by atoms with van der Waals surface area (Å²) in [6.07, 6.45) is -0.668. The Hall–Kier alpha value is -3.00. The summed E-state index contributed by atoms with van der Waals surface area (Å²) in [4.78, 5) is 12.8. The summed E-state index contributed by atoms with van der Waals surface area (Å²) in [6, 6.07) is 19.1. The number of nitrogens with one attached hydrogen (secondary N) is 2. The normalized spacial score (nSPS) is 12.9. The van der Waals surface area contributed by atoms with Gasteiger partial charge in [0.15, 0.2) is 6.10 Å². The molecule has 2 aromatic carbocycles. The van der Waals surface area contributed by atoms with Crippen LogP contribution in [0.1, 0.15) is 33.3 Å². The van der Waals surface area contributed by atoms with Crippen LogP contribution in [0.4, 0.5) is 5.69 Å². The molecule has 5 nitrogen and oxygen atoms in total. The highest BCUT2D eigenvalue weighted by Crippen LogP contribution is 2.21. The first kappa shape index (κ1) is 21.3. The highest BCUT2D eigenvalue weighted by Gasteiger charge is 2.26. The first-order valence-electron chi connectivity index (χ1n) is 9.67. The number of rotatable bonds is 9. The summed E-state index contributed by atoms with van der Waals surface area (Å²) in [6.45, 7) is 8.58. The van der Waals surface area contributed by atoms with Gasteiger partial charge < -0.3 is 15.4 Å². The highest BCUT2D eigenvalue weighted by atomic mass is 16.5. The Bertz CT molecular complexity index is 797. The van der Waals surface area contributed by atoms with E-state index < -0.39 is 6.10 Å². The molecule has 2 aromatic rings. The van der Waals surface area contributed by atoms with Gasteiger partial charge in [0.05, 0.1) is 5.56 Å². The summed E-state index contributed by atoms with van der Waals surface area (Å²) in [5, 5.41) is 15.7. The van der Waals surface area contributed by atoms with E-state index in [9.17, 15) is 10.1 Å². The number of ether oxygens (including phenoxy) is 1. The van der Waals surface area contributed by atoms with Crippen molar-refractivity contribution in [2.45, 2.75) is 39.8 Å². The van der Waals surface area contributed by atoms with Gasteiger partial charge in [0, 0.05) is 18.3 Å². The molecule has 0 aliphatic heterocycles. The third-order valence-corrected chi connectivity index (χ3v) is 4.55. The molecule has 0 aliphatic carbocycles. The van der Waals surface area contributed by atoms with E-state index in [4.69, 9.17) is 4.74 Å². The summed E-state index contributed by atoms with van der Waals surface area (Å²) < 4.78 is 5.92. The number of carbonyl (C=O) groups is 1. The van der Waals surface area contributed by atoms with Gasteiger partial charge >= 0.3 is 0 Å². The number of hydrogen-bond donors (Lipinski definition) is 2. The van der Waals surface area contributed by atoms with Crippen molar-refractivity contribution < 1.29 is 9.53 Å². The number of hydrogen-bond acceptors (Lipinski definition) is 4. The van der Waals surface area contributed by atoms with E-state index in [1.54, 1.807) is 24.3 Å². The van der Waals surface area contributed by atoms with Gasteiger partial charge in [-0.25, -0.2) is 0 Å². The number of para-hydroxylation sites is 2. The zero-order chi connectivity index (χ0) is 20.5. The second kappa shape index (κ2) is 10.4. The van der Waals surface area contributed by atoms with Crippen molar-refractivity contribution in [3.05, 3.63) is 60.2 Å². The molecule has 0 heterocycles. The fourth-order valence-corrected chi connectivity index (χ4v) is 2.80. The number of benzene rings is 2. The first-order chi connectivity index (χ1) is 13.4. The van der Waals surface area contributed by atoms with E-state index in [-0.39, 0.29) is 17.9 Å². The van der Waals surface area contributed by atoms with Crippen LogP contribution in [0.3, 0.4) is 0 Å². The molecule has 0 bridgehead atoms. The molecule has 148 valence electrons. The van der Waals surface area contributed by atoms with Crippen LogP contribution in [-0.2, 0) is 4.79 Å². The zero-order valence-corrected chi connectivity index (χ0v) is 17.0. The Kier molecular flexibility index (Phi) is 7.88. The summed E-state index contributed by atoms with van der Waals surface area (Å²) in [5.41, 5.74) is 1.45. The lowest BCUT2D eigenvalue weighted by atomic mass is 10.0. The van der Waals surface area contributed by atoms with Crippen LogP contribution < -0.4 is 15.4 Å². The van der Waals surface area contributed by atoms with Gasteiger partial charge in [-0.2, -0.15) is 5.26 Å². The Labute approximate surface area is 167 Å². The van der Waals surface area contributed by atoms with Gasteiger partial charge in [0.2, 0.25) is 0 Å². The van der Waals surface area contributed by atoms with Gasteiger partial charge in [-0.05, 0) is 36.1 Å². The average Bonchev–Trinajstić information content (AvgIpc) is 2.69. The molecule has 0 saturated carbocycles. The van der Waals surface area contributed by atoms with Gasteiger partial charge in [0.1, 0.15) is 11.8 Å². The van der Waals surface area contributed by atoms with Crippen molar-refractivity contribution in [3.63, 3.8) is 0 Å². The molecular formula is C23H29N3O2. The van der Waals surface area contributed by atoms with Crippen LogP contribution in [0.15, 0.2) is 54.6 Å². The molecule has 0 aliphatic rings. The number of nitrogens with zero attached hydrogens (tertiary/aromatic N) is 1. The van der Waals surface area contributed by atoms with Crippen molar-refractivity contribution in [1.82, 2.24) is 5.32 Å². The molecule has 2 unspecified atom stereocenters. The predicted octanol–water partition coefficient (Wildman–Crippen LogP) is 4.21. The third-order valence-electron chi connectivity index (χ3n) is 4.55. The maximum absolute atomic E-state index is 12.8. The van der Waals surface area contributed by atoms with Crippen molar-refractivity contribution in [1.29, 1.82) is 5.26 Å². The van der Waals surface area contributed by atoms with E-state index >= 15 is 0 Å².